The summed E-state index contributed by atoms with van der Waals surface area (Å²) >= 11 is 6.10. The van der Waals surface area contributed by atoms with Crippen molar-refractivity contribution in [3.8, 4) is 5.75 Å². The van der Waals surface area contributed by atoms with Crippen molar-refractivity contribution in [3.63, 3.8) is 0 Å². The summed E-state index contributed by atoms with van der Waals surface area (Å²) in [6.45, 7) is 0.592. The fourth-order valence-electron chi connectivity index (χ4n) is 2.61. The molecule has 0 spiro atoms. The molecule has 0 unspecified atom stereocenters. The Morgan fingerprint density at radius 2 is 1.95 bits per heavy atom. The maximum atomic E-state index is 12.7. The van der Waals surface area contributed by atoms with E-state index in [1.807, 2.05) is 6.07 Å². The van der Waals surface area contributed by atoms with Crippen molar-refractivity contribution in [3.05, 3.63) is 58.6 Å². The molecule has 0 bridgehead atoms. The number of aromatic hydroxyl groups is 1. The van der Waals surface area contributed by atoms with E-state index in [1.54, 1.807) is 41.3 Å². The quantitative estimate of drug-likeness (QED) is 0.870. The Labute approximate surface area is 122 Å². The van der Waals surface area contributed by atoms with Gasteiger partial charge in [-0.05, 0) is 36.6 Å². The average Bonchev–Trinajstić information content (AvgIpc) is 2.47. The predicted molar refractivity (Wildman–Crippen MR) is 79.6 cm³/mol. The smallest absolute Gasteiger partial charge is 0.259 e. The average molecular weight is 288 g/mol. The summed E-state index contributed by atoms with van der Waals surface area (Å²) in [5.74, 6) is -0.0272. The van der Waals surface area contributed by atoms with Crippen LogP contribution in [0.4, 0.5) is 5.69 Å². The summed E-state index contributed by atoms with van der Waals surface area (Å²) in [5.41, 5.74) is 2.07. The molecule has 102 valence electrons. The van der Waals surface area contributed by atoms with E-state index < -0.39 is 0 Å². The first-order valence-corrected chi connectivity index (χ1v) is 6.93. The van der Waals surface area contributed by atoms with Crippen LogP contribution >= 0.6 is 11.6 Å². The van der Waals surface area contributed by atoms with Gasteiger partial charge in [0.05, 0.1) is 16.3 Å². The van der Waals surface area contributed by atoms with E-state index in [0.717, 1.165) is 18.4 Å². The van der Waals surface area contributed by atoms with Gasteiger partial charge in [0.15, 0.2) is 0 Å². The summed E-state index contributed by atoms with van der Waals surface area (Å²) in [5, 5.41) is 10.5. The van der Waals surface area contributed by atoms with Gasteiger partial charge in [0, 0.05) is 6.54 Å². The van der Waals surface area contributed by atoms with Crippen LogP contribution in [0.3, 0.4) is 0 Å². The molecule has 1 aliphatic rings. The molecule has 0 saturated heterocycles. The molecule has 2 aromatic rings. The zero-order valence-corrected chi connectivity index (χ0v) is 11.6. The highest BCUT2D eigenvalue weighted by atomic mass is 35.5. The monoisotopic (exact) mass is 287 g/mol. The Balaban J connectivity index is 2.05. The Kier molecular flexibility index (Phi) is 3.36. The number of benzene rings is 2. The fraction of sp³-hybridized carbons (Fsp3) is 0.188. The Bertz CT molecular complexity index is 669. The van der Waals surface area contributed by atoms with E-state index in [9.17, 15) is 9.90 Å². The van der Waals surface area contributed by atoms with Crippen LogP contribution in [0.2, 0.25) is 5.02 Å². The van der Waals surface area contributed by atoms with Gasteiger partial charge < -0.3 is 10.0 Å². The minimum atomic E-state index is -0.168. The number of hydrogen-bond acceptors (Lipinski definition) is 2. The molecule has 3 nitrogen and oxygen atoms in total. The molecule has 1 aliphatic heterocycles. The first kappa shape index (κ1) is 13.0. The zero-order chi connectivity index (χ0) is 14.1. The molecule has 1 heterocycles. The molecule has 4 heteroatoms. The fourth-order valence-corrected chi connectivity index (χ4v) is 2.83. The van der Waals surface area contributed by atoms with Gasteiger partial charge >= 0.3 is 0 Å². The number of nitrogens with zero attached hydrogens (tertiary/aromatic N) is 1. The van der Waals surface area contributed by atoms with Crippen LogP contribution < -0.4 is 4.90 Å². The first-order valence-electron chi connectivity index (χ1n) is 6.56. The lowest BCUT2D eigenvalue weighted by Crippen LogP contribution is -2.35. The number of phenolic OH excluding ortho intramolecular Hbond substituents is 1. The maximum Gasteiger partial charge on any atom is 0.259 e. The molecule has 0 aromatic heterocycles. The van der Waals surface area contributed by atoms with Gasteiger partial charge in [0.1, 0.15) is 5.75 Å². The number of para-hydroxylation sites is 1. The molecule has 3 rings (SSSR count). The van der Waals surface area contributed by atoms with Gasteiger partial charge in [0.25, 0.3) is 5.91 Å². The van der Waals surface area contributed by atoms with E-state index in [-0.39, 0.29) is 11.7 Å². The number of carbonyl (C=O) groups excluding carboxylic acids is 1. The molecule has 2 aromatic carbocycles. The lowest BCUT2D eigenvalue weighted by molar-refractivity contribution is 0.0984. The minimum absolute atomic E-state index is 0.141. The summed E-state index contributed by atoms with van der Waals surface area (Å²) in [6.07, 6.45) is 1.75. The number of carbonyl (C=O) groups is 1. The van der Waals surface area contributed by atoms with Gasteiger partial charge in [-0.2, -0.15) is 0 Å². The van der Waals surface area contributed by atoms with Crippen LogP contribution in [0.25, 0.3) is 0 Å². The summed E-state index contributed by atoms with van der Waals surface area (Å²) in [4.78, 5) is 14.3. The highest BCUT2D eigenvalue weighted by molar-refractivity contribution is 6.34. The molecule has 20 heavy (non-hydrogen) atoms. The number of aryl methyl sites for hydroxylation is 1. The lowest BCUT2D eigenvalue weighted by Gasteiger charge is -2.30. The van der Waals surface area contributed by atoms with Crippen molar-refractivity contribution in [1.82, 2.24) is 0 Å². The van der Waals surface area contributed by atoms with Crippen LogP contribution in [0.15, 0.2) is 42.5 Å². The molecular formula is C16H14ClNO2. The predicted octanol–water partition coefficient (Wildman–Crippen LogP) is 3.64. The summed E-state index contributed by atoms with van der Waals surface area (Å²) in [6, 6.07) is 12.3. The second-order valence-corrected chi connectivity index (χ2v) is 5.23. The minimum Gasteiger partial charge on any atom is -0.506 e. The molecule has 1 amide bonds. The van der Waals surface area contributed by atoms with Crippen LogP contribution in [0, 0.1) is 0 Å². The van der Waals surface area contributed by atoms with E-state index in [2.05, 4.69) is 0 Å². The topological polar surface area (TPSA) is 40.5 Å². The second-order valence-electron chi connectivity index (χ2n) is 4.83. The summed E-state index contributed by atoms with van der Waals surface area (Å²) in [7, 11) is 0. The van der Waals surface area contributed by atoms with Crippen LogP contribution in [0.5, 0.6) is 5.75 Å². The van der Waals surface area contributed by atoms with E-state index in [0.29, 0.717) is 22.8 Å². The highest BCUT2D eigenvalue weighted by Gasteiger charge is 2.27. The van der Waals surface area contributed by atoms with Crippen molar-refractivity contribution >= 4 is 23.2 Å². The lowest BCUT2D eigenvalue weighted by atomic mass is 10.00. The van der Waals surface area contributed by atoms with Crippen molar-refractivity contribution in [1.29, 1.82) is 0 Å². The van der Waals surface area contributed by atoms with Gasteiger partial charge in [-0.1, -0.05) is 35.9 Å². The third-order valence-corrected chi connectivity index (χ3v) is 3.88. The number of phenols is 1. The van der Waals surface area contributed by atoms with Crippen LogP contribution in [0.1, 0.15) is 22.3 Å². The van der Waals surface area contributed by atoms with Gasteiger partial charge in [-0.15, -0.1) is 0 Å². The normalized spacial score (nSPS) is 13.9. The van der Waals surface area contributed by atoms with E-state index in [4.69, 9.17) is 11.6 Å². The van der Waals surface area contributed by atoms with Gasteiger partial charge in [-0.3, -0.25) is 4.79 Å². The first-order chi connectivity index (χ1) is 9.68. The number of halogens is 1. The molecule has 0 atom stereocenters. The number of amides is 1. The van der Waals surface area contributed by atoms with Crippen molar-refractivity contribution in [2.45, 2.75) is 12.8 Å². The molecular weight excluding hydrogens is 274 g/mol. The highest BCUT2D eigenvalue weighted by Crippen LogP contribution is 2.36. The SMILES string of the molecule is O=C(c1ccccc1Cl)N1CCCc2cccc(O)c21. The zero-order valence-electron chi connectivity index (χ0n) is 10.8. The third-order valence-electron chi connectivity index (χ3n) is 3.55. The van der Waals surface area contributed by atoms with Crippen molar-refractivity contribution in [2.24, 2.45) is 0 Å². The molecule has 0 aliphatic carbocycles. The van der Waals surface area contributed by atoms with Gasteiger partial charge in [-0.25, -0.2) is 0 Å². The number of fused-ring (bicyclic) bond motifs is 1. The third kappa shape index (κ3) is 2.14. The second kappa shape index (κ2) is 5.17. The molecule has 0 fully saturated rings. The van der Waals surface area contributed by atoms with E-state index in [1.165, 1.54) is 0 Å². The van der Waals surface area contributed by atoms with E-state index >= 15 is 0 Å². The molecule has 0 radical (unpaired) electrons. The van der Waals surface area contributed by atoms with Crippen LogP contribution in [-0.4, -0.2) is 17.6 Å². The van der Waals surface area contributed by atoms with Crippen LogP contribution in [-0.2, 0) is 6.42 Å². The largest absolute Gasteiger partial charge is 0.506 e. The number of anilines is 1. The number of hydrogen-bond donors (Lipinski definition) is 1. The Hall–Kier alpha value is -2.00. The van der Waals surface area contributed by atoms with Crippen molar-refractivity contribution in [2.75, 3.05) is 11.4 Å². The molecule has 0 saturated carbocycles. The van der Waals surface area contributed by atoms with Crippen molar-refractivity contribution < 1.29 is 9.90 Å². The maximum absolute atomic E-state index is 12.7. The Morgan fingerprint density at radius 1 is 1.15 bits per heavy atom. The molecule has 1 N–H and O–H groups in total. The van der Waals surface area contributed by atoms with Gasteiger partial charge in [0.2, 0.25) is 0 Å². The Morgan fingerprint density at radius 3 is 2.75 bits per heavy atom. The standard InChI is InChI=1S/C16H14ClNO2/c17-13-8-2-1-7-12(13)16(20)18-10-4-6-11-5-3-9-14(19)15(11)18/h1-3,5,7-9,19H,4,6,10H2. The number of rotatable bonds is 1. The summed E-state index contributed by atoms with van der Waals surface area (Å²) < 4.78 is 0.